The highest BCUT2D eigenvalue weighted by Gasteiger charge is 2.29. The number of hydrogen-bond donors (Lipinski definition) is 2. The summed E-state index contributed by atoms with van der Waals surface area (Å²) >= 11 is 0. The lowest BCUT2D eigenvalue weighted by Gasteiger charge is -2.34. The van der Waals surface area contributed by atoms with Gasteiger partial charge in [-0.2, -0.15) is 0 Å². The maximum Gasteiger partial charge on any atom is 0.254 e. The van der Waals surface area contributed by atoms with E-state index in [1.54, 1.807) is 12.1 Å². The summed E-state index contributed by atoms with van der Waals surface area (Å²) in [7, 11) is 0. The van der Waals surface area contributed by atoms with Gasteiger partial charge >= 0.3 is 0 Å². The first-order chi connectivity index (χ1) is 9.18. The normalized spacial score (nSPS) is 22.1. The van der Waals surface area contributed by atoms with Crippen LogP contribution in [0.25, 0.3) is 0 Å². The minimum Gasteiger partial charge on any atom is -0.348 e. The summed E-state index contributed by atoms with van der Waals surface area (Å²) in [5.41, 5.74) is 2.13. The molecule has 1 aromatic carbocycles. The highest BCUT2D eigenvalue weighted by atomic mass is 16.2. The molecule has 3 rings (SSSR count). The minimum atomic E-state index is -0.0852. The number of carbonyl (C=O) groups is 2. The topological polar surface area (TPSA) is 61.4 Å². The fourth-order valence-corrected chi connectivity index (χ4v) is 2.75. The van der Waals surface area contributed by atoms with Gasteiger partial charge in [0.05, 0.1) is 0 Å². The third-order valence-electron chi connectivity index (χ3n) is 3.84. The zero-order valence-electron chi connectivity index (χ0n) is 10.9. The van der Waals surface area contributed by atoms with Crippen molar-refractivity contribution in [3.8, 4) is 0 Å². The monoisotopic (exact) mass is 259 g/mol. The van der Waals surface area contributed by atoms with Crippen molar-refractivity contribution in [1.82, 2.24) is 15.5 Å². The van der Waals surface area contributed by atoms with Crippen LogP contribution in [0.1, 0.15) is 33.2 Å². The van der Waals surface area contributed by atoms with E-state index in [4.69, 9.17) is 0 Å². The van der Waals surface area contributed by atoms with E-state index in [-0.39, 0.29) is 17.9 Å². The molecule has 0 unspecified atom stereocenters. The van der Waals surface area contributed by atoms with Crippen molar-refractivity contribution in [2.45, 2.75) is 19.5 Å². The van der Waals surface area contributed by atoms with Crippen molar-refractivity contribution >= 4 is 11.8 Å². The van der Waals surface area contributed by atoms with Crippen molar-refractivity contribution in [3.63, 3.8) is 0 Å². The summed E-state index contributed by atoms with van der Waals surface area (Å²) in [5, 5.41) is 6.04. The van der Waals surface area contributed by atoms with Crippen LogP contribution in [0.15, 0.2) is 18.2 Å². The second-order valence-electron chi connectivity index (χ2n) is 5.07. The van der Waals surface area contributed by atoms with Crippen molar-refractivity contribution < 1.29 is 9.59 Å². The SMILES string of the molecule is C[C@@H]1CNCCN1C(=O)c1cccc2c1CNC2=O. The van der Waals surface area contributed by atoms with Crippen molar-refractivity contribution in [1.29, 1.82) is 0 Å². The summed E-state index contributed by atoms with van der Waals surface area (Å²) in [4.78, 5) is 26.2. The van der Waals surface area contributed by atoms with E-state index < -0.39 is 0 Å². The summed E-state index contributed by atoms with van der Waals surface area (Å²) in [6.45, 7) is 4.85. The molecule has 0 spiro atoms. The lowest BCUT2D eigenvalue weighted by molar-refractivity contribution is 0.0654. The third kappa shape index (κ3) is 2.00. The van der Waals surface area contributed by atoms with Crippen LogP contribution in [0.4, 0.5) is 0 Å². The first-order valence-corrected chi connectivity index (χ1v) is 6.60. The van der Waals surface area contributed by atoms with E-state index in [0.29, 0.717) is 24.2 Å². The second-order valence-corrected chi connectivity index (χ2v) is 5.07. The number of amides is 2. The number of carbonyl (C=O) groups excluding carboxylic acids is 2. The lowest BCUT2D eigenvalue weighted by atomic mass is 10.0. The molecule has 1 atom stereocenters. The van der Waals surface area contributed by atoms with Gasteiger partial charge in [0.1, 0.15) is 0 Å². The standard InChI is InChI=1S/C14H17N3O2/c1-9-7-15-5-6-17(9)14(19)11-4-2-3-10-12(11)8-16-13(10)18/h2-4,9,15H,5-8H2,1H3,(H,16,18)/t9-/m1/s1. The molecule has 0 aromatic heterocycles. The zero-order valence-corrected chi connectivity index (χ0v) is 10.9. The Morgan fingerprint density at radius 3 is 3.05 bits per heavy atom. The molecule has 5 nitrogen and oxygen atoms in total. The van der Waals surface area contributed by atoms with Crippen molar-refractivity contribution in [3.05, 3.63) is 34.9 Å². The molecule has 0 bridgehead atoms. The van der Waals surface area contributed by atoms with E-state index in [1.807, 2.05) is 17.9 Å². The highest BCUT2D eigenvalue weighted by Crippen LogP contribution is 2.22. The molecule has 0 radical (unpaired) electrons. The summed E-state index contributed by atoms with van der Waals surface area (Å²) in [6.07, 6.45) is 0. The molecule has 19 heavy (non-hydrogen) atoms. The molecule has 100 valence electrons. The maximum absolute atomic E-state index is 12.6. The van der Waals surface area contributed by atoms with Gasteiger partial charge in [-0.3, -0.25) is 9.59 Å². The Kier molecular flexibility index (Phi) is 2.98. The molecule has 2 N–H and O–H groups in total. The Hall–Kier alpha value is -1.88. The molecular formula is C14H17N3O2. The fourth-order valence-electron chi connectivity index (χ4n) is 2.75. The average Bonchev–Trinajstić information content (AvgIpc) is 2.80. The Balaban J connectivity index is 1.94. The zero-order chi connectivity index (χ0) is 13.4. The molecule has 2 aliphatic heterocycles. The van der Waals surface area contributed by atoms with Gasteiger partial charge in [0, 0.05) is 43.3 Å². The van der Waals surface area contributed by atoms with E-state index in [2.05, 4.69) is 10.6 Å². The highest BCUT2D eigenvalue weighted by molar-refractivity contribution is 6.04. The van der Waals surface area contributed by atoms with Crippen LogP contribution in [0.5, 0.6) is 0 Å². The van der Waals surface area contributed by atoms with Crippen LogP contribution in [-0.4, -0.2) is 42.4 Å². The second kappa shape index (κ2) is 4.66. The summed E-state index contributed by atoms with van der Waals surface area (Å²) < 4.78 is 0. The van der Waals surface area contributed by atoms with Crippen molar-refractivity contribution in [2.24, 2.45) is 0 Å². The molecule has 5 heteroatoms. The van der Waals surface area contributed by atoms with Crippen LogP contribution < -0.4 is 10.6 Å². The van der Waals surface area contributed by atoms with E-state index in [0.717, 1.165) is 18.7 Å². The predicted octanol–water partition coefficient (Wildman–Crippen LogP) is 0.364. The van der Waals surface area contributed by atoms with Gasteiger partial charge in [0.2, 0.25) is 0 Å². The molecule has 2 aliphatic rings. The van der Waals surface area contributed by atoms with Crippen LogP contribution in [-0.2, 0) is 6.54 Å². The summed E-state index contributed by atoms with van der Waals surface area (Å²) in [6, 6.07) is 5.55. The smallest absolute Gasteiger partial charge is 0.254 e. The molecule has 0 aliphatic carbocycles. The van der Waals surface area contributed by atoms with Gasteiger partial charge in [-0.15, -0.1) is 0 Å². The van der Waals surface area contributed by atoms with Gasteiger partial charge in [-0.05, 0) is 24.6 Å². The molecular weight excluding hydrogens is 242 g/mol. The van der Waals surface area contributed by atoms with Gasteiger partial charge in [-0.25, -0.2) is 0 Å². The minimum absolute atomic E-state index is 0.0300. The number of benzene rings is 1. The van der Waals surface area contributed by atoms with Crippen molar-refractivity contribution in [2.75, 3.05) is 19.6 Å². The molecule has 2 heterocycles. The number of fused-ring (bicyclic) bond motifs is 1. The quantitative estimate of drug-likeness (QED) is 0.765. The van der Waals surface area contributed by atoms with Gasteiger partial charge in [-0.1, -0.05) is 6.07 Å². The largest absolute Gasteiger partial charge is 0.348 e. The molecule has 2 amide bonds. The van der Waals surface area contributed by atoms with E-state index in [1.165, 1.54) is 0 Å². The maximum atomic E-state index is 12.6. The van der Waals surface area contributed by atoms with Crippen LogP contribution in [0, 0.1) is 0 Å². The van der Waals surface area contributed by atoms with E-state index in [9.17, 15) is 9.59 Å². The number of rotatable bonds is 1. The van der Waals surface area contributed by atoms with Crippen LogP contribution in [0.3, 0.4) is 0 Å². The lowest BCUT2D eigenvalue weighted by Crippen LogP contribution is -2.52. The first-order valence-electron chi connectivity index (χ1n) is 6.60. The summed E-state index contributed by atoms with van der Waals surface area (Å²) in [5.74, 6) is -0.0552. The number of hydrogen-bond acceptors (Lipinski definition) is 3. The van der Waals surface area contributed by atoms with E-state index >= 15 is 0 Å². The number of piperazine rings is 1. The Bertz CT molecular complexity index is 541. The Morgan fingerprint density at radius 2 is 2.26 bits per heavy atom. The van der Waals surface area contributed by atoms with Gasteiger partial charge in [0.25, 0.3) is 11.8 Å². The third-order valence-corrected chi connectivity index (χ3v) is 3.84. The van der Waals surface area contributed by atoms with Crippen LogP contribution >= 0.6 is 0 Å². The average molecular weight is 259 g/mol. The molecule has 1 fully saturated rings. The first kappa shape index (κ1) is 12.2. The van der Waals surface area contributed by atoms with Crippen LogP contribution in [0.2, 0.25) is 0 Å². The van der Waals surface area contributed by atoms with Gasteiger partial charge < -0.3 is 15.5 Å². The molecule has 0 saturated carbocycles. The Labute approximate surface area is 112 Å². The molecule has 1 saturated heterocycles. The Morgan fingerprint density at radius 1 is 1.42 bits per heavy atom. The molecule has 1 aromatic rings. The number of nitrogens with zero attached hydrogens (tertiary/aromatic N) is 1. The predicted molar refractivity (Wildman–Crippen MR) is 71.0 cm³/mol. The van der Waals surface area contributed by atoms with Gasteiger partial charge in [0.15, 0.2) is 0 Å². The number of nitrogens with one attached hydrogen (secondary N) is 2. The fraction of sp³-hybridized carbons (Fsp3) is 0.429.